The summed E-state index contributed by atoms with van der Waals surface area (Å²) in [6, 6.07) is 0. The van der Waals surface area contributed by atoms with Crippen LogP contribution in [0.2, 0.25) is 0 Å². The molecule has 0 spiro atoms. The zero-order chi connectivity index (χ0) is 17.4. The lowest BCUT2D eigenvalue weighted by Crippen LogP contribution is -2.11. The van der Waals surface area contributed by atoms with Crippen LogP contribution in [0.25, 0.3) is 11.0 Å². The summed E-state index contributed by atoms with van der Waals surface area (Å²) >= 11 is 0. The van der Waals surface area contributed by atoms with Crippen molar-refractivity contribution in [3.05, 3.63) is 5.69 Å². The van der Waals surface area contributed by atoms with Crippen molar-refractivity contribution in [2.45, 2.75) is 52.9 Å². The molecule has 2 aromatic rings. The van der Waals surface area contributed by atoms with Crippen LogP contribution in [0, 0.1) is 0 Å². The number of aryl methyl sites for hydroxylation is 1. The van der Waals surface area contributed by atoms with Gasteiger partial charge in [0.1, 0.15) is 11.0 Å². The molecule has 2 heterocycles. The second-order valence-electron chi connectivity index (χ2n) is 5.75. The van der Waals surface area contributed by atoms with Gasteiger partial charge in [-0.25, -0.2) is 15.0 Å². The Morgan fingerprint density at radius 3 is 2.17 bits per heavy atom. The predicted octanol–water partition coefficient (Wildman–Crippen LogP) is 3.45. The SMILES string of the molecule is CCCCNc1nc(NC)c2nc(NCC)nc(CCCC)c2n1. The van der Waals surface area contributed by atoms with Gasteiger partial charge in [-0.1, -0.05) is 26.7 Å². The number of nitrogens with one attached hydrogen (secondary N) is 3. The molecule has 7 nitrogen and oxygen atoms in total. The second-order valence-corrected chi connectivity index (χ2v) is 5.75. The summed E-state index contributed by atoms with van der Waals surface area (Å²) in [5, 5.41) is 9.65. The van der Waals surface area contributed by atoms with E-state index in [2.05, 4.69) is 44.7 Å². The van der Waals surface area contributed by atoms with Crippen LogP contribution in [0.3, 0.4) is 0 Å². The van der Waals surface area contributed by atoms with Crippen molar-refractivity contribution >= 4 is 28.7 Å². The van der Waals surface area contributed by atoms with Gasteiger partial charge in [-0.2, -0.15) is 4.98 Å². The first-order valence-corrected chi connectivity index (χ1v) is 8.97. The van der Waals surface area contributed by atoms with Gasteiger partial charge in [-0.15, -0.1) is 0 Å². The number of hydrogen-bond donors (Lipinski definition) is 3. The molecule has 3 N–H and O–H groups in total. The van der Waals surface area contributed by atoms with E-state index in [4.69, 9.17) is 4.98 Å². The summed E-state index contributed by atoms with van der Waals surface area (Å²) in [4.78, 5) is 18.5. The van der Waals surface area contributed by atoms with E-state index in [1.807, 2.05) is 14.0 Å². The Labute approximate surface area is 144 Å². The standard InChI is InChI=1S/C17H29N7/c1-5-8-10-12-13-14(23-16(21-12)19-7-3)15(18-4)24-17(22-13)20-11-9-6-2/h5-11H2,1-4H3,(H,19,21,23)(H2,18,20,22,24). The third kappa shape index (κ3) is 4.43. The van der Waals surface area contributed by atoms with Gasteiger partial charge >= 0.3 is 0 Å². The van der Waals surface area contributed by atoms with E-state index in [1.165, 1.54) is 0 Å². The van der Waals surface area contributed by atoms with Crippen molar-refractivity contribution in [2.75, 3.05) is 36.1 Å². The number of unbranched alkanes of at least 4 members (excludes halogenated alkanes) is 2. The van der Waals surface area contributed by atoms with Gasteiger partial charge < -0.3 is 16.0 Å². The number of aromatic nitrogens is 4. The lowest BCUT2D eigenvalue weighted by molar-refractivity contribution is 0.778. The normalized spacial score (nSPS) is 10.8. The maximum atomic E-state index is 4.69. The highest BCUT2D eigenvalue weighted by Gasteiger charge is 2.15. The van der Waals surface area contributed by atoms with Gasteiger partial charge in [-0.05, 0) is 26.2 Å². The monoisotopic (exact) mass is 331 g/mol. The van der Waals surface area contributed by atoms with Crippen LogP contribution in [-0.2, 0) is 6.42 Å². The zero-order valence-electron chi connectivity index (χ0n) is 15.2. The number of hydrogen-bond acceptors (Lipinski definition) is 7. The minimum atomic E-state index is 0.637. The number of rotatable bonds is 10. The highest BCUT2D eigenvalue weighted by atomic mass is 15.2. The average molecular weight is 331 g/mol. The van der Waals surface area contributed by atoms with Gasteiger partial charge in [-0.3, -0.25) is 0 Å². The molecule has 0 aliphatic heterocycles. The van der Waals surface area contributed by atoms with E-state index >= 15 is 0 Å². The smallest absolute Gasteiger partial charge is 0.225 e. The molecule has 0 bridgehead atoms. The Balaban J connectivity index is 2.49. The molecule has 0 saturated heterocycles. The molecule has 0 amide bonds. The van der Waals surface area contributed by atoms with E-state index in [0.717, 1.165) is 67.7 Å². The van der Waals surface area contributed by atoms with Crippen molar-refractivity contribution in [1.29, 1.82) is 0 Å². The largest absolute Gasteiger partial charge is 0.371 e. The second kappa shape index (κ2) is 9.20. The molecule has 24 heavy (non-hydrogen) atoms. The van der Waals surface area contributed by atoms with Crippen LogP contribution in [0.15, 0.2) is 0 Å². The minimum absolute atomic E-state index is 0.637. The van der Waals surface area contributed by atoms with Crippen molar-refractivity contribution in [2.24, 2.45) is 0 Å². The Hall–Kier alpha value is -2.18. The molecule has 2 aromatic heterocycles. The van der Waals surface area contributed by atoms with E-state index in [1.54, 1.807) is 0 Å². The third-order valence-corrected chi connectivity index (χ3v) is 3.77. The molecule has 0 aliphatic carbocycles. The molecule has 0 aromatic carbocycles. The lowest BCUT2D eigenvalue weighted by atomic mass is 10.1. The van der Waals surface area contributed by atoms with Gasteiger partial charge in [0.15, 0.2) is 5.82 Å². The van der Waals surface area contributed by atoms with Crippen LogP contribution >= 0.6 is 0 Å². The number of fused-ring (bicyclic) bond motifs is 1. The topological polar surface area (TPSA) is 87.7 Å². The van der Waals surface area contributed by atoms with E-state index in [-0.39, 0.29) is 0 Å². The molecule has 0 fully saturated rings. The first-order chi connectivity index (χ1) is 11.7. The van der Waals surface area contributed by atoms with Gasteiger partial charge in [0.05, 0.1) is 5.69 Å². The highest BCUT2D eigenvalue weighted by Crippen LogP contribution is 2.24. The average Bonchev–Trinajstić information content (AvgIpc) is 2.60. The quantitative estimate of drug-likeness (QED) is 0.575. The molecule has 0 saturated carbocycles. The van der Waals surface area contributed by atoms with E-state index < -0.39 is 0 Å². The number of anilines is 3. The Morgan fingerprint density at radius 1 is 0.792 bits per heavy atom. The molecule has 7 heteroatoms. The molecule has 132 valence electrons. The summed E-state index contributed by atoms with van der Waals surface area (Å²) in [7, 11) is 1.86. The molecule has 2 rings (SSSR count). The van der Waals surface area contributed by atoms with Crippen LogP contribution in [0.1, 0.15) is 52.1 Å². The van der Waals surface area contributed by atoms with Crippen LogP contribution in [-0.4, -0.2) is 40.1 Å². The molecule has 0 aliphatic rings. The molecular weight excluding hydrogens is 302 g/mol. The number of nitrogens with zero attached hydrogens (tertiary/aromatic N) is 4. The molecule has 0 atom stereocenters. The minimum Gasteiger partial charge on any atom is -0.371 e. The highest BCUT2D eigenvalue weighted by molar-refractivity contribution is 5.88. The summed E-state index contributed by atoms with van der Waals surface area (Å²) in [5.41, 5.74) is 2.59. The van der Waals surface area contributed by atoms with Crippen molar-refractivity contribution in [3.63, 3.8) is 0 Å². The fourth-order valence-corrected chi connectivity index (χ4v) is 2.46. The molecule has 0 unspecified atom stereocenters. The van der Waals surface area contributed by atoms with E-state index in [0.29, 0.717) is 11.9 Å². The maximum Gasteiger partial charge on any atom is 0.225 e. The van der Waals surface area contributed by atoms with Gasteiger partial charge in [0.25, 0.3) is 0 Å². The van der Waals surface area contributed by atoms with Crippen LogP contribution in [0.5, 0.6) is 0 Å². The first-order valence-electron chi connectivity index (χ1n) is 8.97. The summed E-state index contributed by atoms with van der Waals surface area (Å²) in [6.45, 7) is 8.04. The van der Waals surface area contributed by atoms with Crippen molar-refractivity contribution in [1.82, 2.24) is 19.9 Å². The fraction of sp³-hybridized carbons (Fsp3) is 0.647. The Morgan fingerprint density at radius 2 is 1.50 bits per heavy atom. The first kappa shape index (κ1) is 18.2. The summed E-state index contributed by atoms with van der Waals surface area (Å²) in [5.74, 6) is 2.01. The maximum absolute atomic E-state index is 4.69. The molecule has 0 radical (unpaired) electrons. The van der Waals surface area contributed by atoms with Crippen molar-refractivity contribution < 1.29 is 0 Å². The zero-order valence-corrected chi connectivity index (χ0v) is 15.2. The molecular formula is C17H29N7. The van der Waals surface area contributed by atoms with Gasteiger partial charge in [0.2, 0.25) is 11.9 Å². The Kier molecular flexibility index (Phi) is 6.96. The van der Waals surface area contributed by atoms with Crippen LogP contribution < -0.4 is 16.0 Å². The lowest BCUT2D eigenvalue weighted by Gasteiger charge is -2.13. The summed E-state index contributed by atoms with van der Waals surface area (Å²) < 4.78 is 0. The van der Waals surface area contributed by atoms with Gasteiger partial charge in [0, 0.05) is 20.1 Å². The van der Waals surface area contributed by atoms with Crippen LogP contribution in [0.4, 0.5) is 17.7 Å². The Bertz CT molecular complexity index is 657. The van der Waals surface area contributed by atoms with Crippen molar-refractivity contribution in [3.8, 4) is 0 Å². The van der Waals surface area contributed by atoms with E-state index in [9.17, 15) is 0 Å². The summed E-state index contributed by atoms with van der Waals surface area (Å²) in [6.07, 6.45) is 5.32. The predicted molar refractivity (Wildman–Crippen MR) is 101 cm³/mol. The fourth-order valence-electron chi connectivity index (χ4n) is 2.46. The third-order valence-electron chi connectivity index (χ3n) is 3.77.